The van der Waals surface area contributed by atoms with Gasteiger partial charge in [-0.3, -0.25) is 4.79 Å². The van der Waals surface area contributed by atoms with E-state index in [1.807, 2.05) is 13.0 Å². The van der Waals surface area contributed by atoms with E-state index >= 15 is 0 Å². The summed E-state index contributed by atoms with van der Waals surface area (Å²) < 4.78 is 5.87. The summed E-state index contributed by atoms with van der Waals surface area (Å²) in [6.07, 6.45) is 0. The Kier molecular flexibility index (Phi) is 6.04. The number of amides is 1. The normalized spacial score (nSPS) is 10.3. The Labute approximate surface area is 151 Å². The van der Waals surface area contributed by atoms with Crippen molar-refractivity contribution in [3.8, 4) is 0 Å². The minimum absolute atomic E-state index is 0.100. The second-order valence-corrected chi connectivity index (χ2v) is 6.39. The first-order chi connectivity index (χ1) is 10.9. The van der Waals surface area contributed by atoms with Gasteiger partial charge in [0.05, 0.1) is 15.6 Å². The van der Waals surface area contributed by atoms with Crippen molar-refractivity contribution in [2.24, 2.45) is 0 Å². The Hall–Kier alpha value is -1.56. The predicted molar refractivity (Wildman–Crippen MR) is 94.3 cm³/mol. The zero-order valence-electron chi connectivity index (χ0n) is 12.0. The fourth-order valence-electron chi connectivity index (χ4n) is 1.82. The van der Waals surface area contributed by atoms with E-state index in [0.717, 1.165) is 10.0 Å². The van der Waals surface area contributed by atoms with Crippen LogP contribution in [0.25, 0.3) is 0 Å². The minimum Gasteiger partial charge on any atom is -0.452 e. The van der Waals surface area contributed by atoms with E-state index < -0.39 is 18.5 Å². The van der Waals surface area contributed by atoms with Crippen molar-refractivity contribution in [3.05, 3.63) is 62.0 Å². The second-order valence-electron chi connectivity index (χ2n) is 4.68. The molecule has 4 nitrogen and oxygen atoms in total. The quantitative estimate of drug-likeness (QED) is 0.724. The lowest BCUT2D eigenvalue weighted by atomic mass is 10.2. The summed E-state index contributed by atoms with van der Waals surface area (Å²) >= 11 is 15.1. The zero-order chi connectivity index (χ0) is 17.0. The Morgan fingerprint density at radius 1 is 1.22 bits per heavy atom. The third-order valence-corrected chi connectivity index (χ3v) is 4.28. The standard InChI is InChI=1S/C16H12BrCl2NO3/c1-9-7-10(17)5-6-13(9)20-14(21)8-23-16(22)11-3-2-4-12(18)15(11)19/h2-7H,8H2,1H3,(H,20,21). The van der Waals surface area contributed by atoms with E-state index in [1.165, 1.54) is 6.07 Å². The van der Waals surface area contributed by atoms with Gasteiger partial charge >= 0.3 is 5.97 Å². The highest BCUT2D eigenvalue weighted by Crippen LogP contribution is 2.26. The monoisotopic (exact) mass is 415 g/mol. The van der Waals surface area contributed by atoms with E-state index in [9.17, 15) is 9.59 Å². The van der Waals surface area contributed by atoms with Crippen LogP contribution in [0.2, 0.25) is 10.0 Å². The van der Waals surface area contributed by atoms with Crippen molar-refractivity contribution < 1.29 is 14.3 Å². The highest BCUT2D eigenvalue weighted by molar-refractivity contribution is 9.10. The summed E-state index contributed by atoms with van der Waals surface area (Å²) in [5, 5.41) is 3.02. The molecule has 2 rings (SSSR count). The SMILES string of the molecule is Cc1cc(Br)ccc1NC(=O)COC(=O)c1cccc(Cl)c1Cl. The summed E-state index contributed by atoms with van der Waals surface area (Å²) in [7, 11) is 0. The van der Waals surface area contributed by atoms with Gasteiger partial charge in [0.15, 0.2) is 6.61 Å². The number of carbonyl (C=O) groups excluding carboxylic acids is 2. The number of benzene rings is 2. The van der Waals surface area contributed by atoms with Crippen LogP contribution in [0.5, 0.6) is 0 Å². The van der Waals surface area contributed by atoms with Crippen molar-refractivity contribution in [2.75, 3.05) is 11.9 Å². The van der Waals surface area contributed by atoms with Crippen LogP contribution in [0.15, 0.2) is 40.9 Å². The summed E-state index contributed by atoms with van der Waals surface area (Å²) in [6.45, 7) is 1.44. The average Bonchev–Trinajstić information content (AvgIpc) is 2.50. The molecular weight excluding hydrogens is 405 g/mol. The Bertz CT molecular complexity index is 765. The van der Waals surface area contributed by atoms with Gasteiger partial charge in [-0.1, -0.05) is 45.2 Å². The van der Waals surface area contributed by atoms with Crippen LogP contribution in [0.3, 0.4) is 0 Å². The van der Waals surface area contributed by atoms with Gasteiger partial charge in [0.25, 0.3) is 5.91 Å². The van der Waals surface area contributed by atoms with Crippen LogP contribution in [0, 0.1) is 6.92 Å². The topological polar surface area (TPSA) is 55.4 Å². The average molecular weight is 417 g/mol. The van der Waals surface area contributed by atoms with E-state index in [4.69, 9.17) is 27.9 Å². The van der Waals surface area contributed by atoms with Gasteiger partial charge in [-0.2, -0.15) is 0 Å². The van der Waals surface area contributed by atoms with Gasteiger partial charge < -0.3 is 10.1 Å². The number of ether oxygens (including phenoxy) is 1. The molecule has 1 amide bonds. The van der Waals surface area contributed by atoms with Gasteiger partial charge in [-0.25, -0.2) is 4.79 Å². The highest BCUT2D eigenvalue weighted by atomic mass is 79.9. The molecule has 0 aliphatic rings. The molecule has 0 aliphatic carbocycles. The first-order valence-electron chi connectivity index (χ1n) is 6.55. The van der Waals surface area contributed by atoms with Crippen molar-refractivity contribution in [1.82, 2.24) is 0 Å². The maximum absolute atomic E-state index is 11.9. The fraction of sp³-hybridized carbons (Fsp3) is 0.125. The summed E-state index contributed by atoms with van der Waals surface area (Å²) in [4.78, 5) is 23.8. The summed E-state index contributed by atoms with van der Waals surface area (Å²) in [5.41, 5.74) is 1.65. The number of aryl methyl sites for hydroxylation is 1. The van der Waals surface area contributed by atoms with Crippen LogP contribution < -0.4 is 5.32 Å². The number of rotatable bonds is 4. The van der Waals surface area contributed by atoms with Crippen molar-refractivity contribution in [1.29, 1.82) is 0 Å². The molecule has 0 atom stereocenters. The third kappa shape index (κ3) is 4.70. The maximum Gasteiger partial charge on any atom is 0.340 e. The zero-order valence-corrected chi connectivity index (χ0v) is 15.1. The molecule has 1 N–H and O–H groups in total. The molecule has 0 aliphatic heterocycles. The third-order valence-electron chi connectivity index (χ3n) is 2.97. The summed E-state index contributed by atoms with van der Waals surface area (Å²) in [6, 6.07) is 10.0. The number of esters is 1. The van der Waals surface area contributed by atoms with Gasteiger partial charge in [0.2, 0.25) is 0 Å². The first kappa shape index (κ1) is 17.8. The van der Waals surface area contributed by atoms with E-state index in [1.54, 1.807) is 24.3 Å². The molecule has 120 valence electrons. The number of hydrogen-bond acceptors (Lipinski definition) is 3. The largest absolute Gasteiger partial charge is 0.452 e. The Morgan fingerprint density at radius 2 is 1.96 bits per heavy atom. The Morgan fingerprint density at radius 3 is 2.65 bits per heavy atom. The molecular formula is C16H12BrCl2NO3. The fourth-order valence-corrected chi connectivity index (χ4v) is 2.68. The Balaban J connectivity index is 1.96. The molecule has 23 heavy (non-hydrogen) atoms. The lowest BCUT2D eigenvalue weighted by molar-refractivity contribution is -0.119. The summed E-state index contributed by atoms with van der Waals surface area (Å²) in [5.74, 6) is -1.15. The molecule has 7 heteroatoms. The molecule has 0 fully saturated rings. The van der Waals surface area contributed by atoms with Crippen molar-refractivity contribution in [3.63, 3.8) is 0 Å². The van der Waals surface area contributed by atoms with Gasteiger partial charge in [0, 0.05) is 10.2 Å². The molecule has 2 aromatic carbocycles. The van der Waals surface area contributed by atoms with E-state index in [0.29, 0.717) is 5.69 Å². The lowest BCUT2D eigenvalue weighted by Gasteiger charge is -2.10. The van der Waals surface area contributed by atoms with Crippen LogP contribution >= 0.6 is 39.1 Å². The van der Waals surface area contributed by atoms with Crippen molar-refractivity contribution >= 4 is 56.7 Å². The smallest absolute Gasteiger partial charge is 0.340 e. The van der Waals surface area contributed by atoms with E-state index in [2.05, 4.69) is 21.2 Å². The van der Waals surface area contributed by atoms with Crippen LogP contribution in [-0.4, -0.2) is 18.5 Å². The molecule has 0 unspecified atom stereocenters. The van der Waals surface area contributed by atoms with Crippen LogP contribution in [0.4, 0.5) is 5.69 Å². The van der Waals surface area contributed by atoms with E-state index in [-0.39, 0.29) is 15.6 Å². The second kappa shape index (κ2) is 7.81. The van der Waals surface area contributed by atoms with Gasteiger partial charge in [-0.15, -0.1) is 0 Å². The number of halogens is 3. The van der Waals surface area contributed by atoms with Crippen LogP contribution in [0.1, 0.15) is 15.9 Å². The number of carbonyl (C=O) groups is 2. The number of anilines is 1. The minimum atomic E-state index is -0.708. The van der Waals surface area contributed by atoms with Crippen molar-refractivity contribution in [2.45, 2.75) is 6.92 Å². The molecule has 0 spiro atoms. The molecule has 0 heterocycles. The number of hydrogen-bond donors (Lipinski definition) is 1. The molecule has 0 aromatic heterocycles. The first-order valence-corrected chi connectivity index (χ1v) is 8.10. The lowest BCUT2D eigenvalue weighted by Crippen LogP contribution is -2.21. The number of nitrogens with one attached hydrogen (secondary N) is 1. The molecule has 0 bridgehead atoms. The molecule has 2 aromatic rings. The highest BCUT2D eigenvalue weighted by Gasteiger charge is 2.15. The molecule has 0 saturated carbocycles. The molecule has 0 radical (unpaired) electrons. The van der Waals surface area contributed by atoms with Gasteiger partial charge in [-0.05, 0) is 42.8 Å². The maximum atomic E-state index is 11.9. The van der Waals surface area contributed by atoms with Gasteiger partial charge in [0.1, 0.15) is 0 Å². The predicted octanol–water partition coefficient (Wildman–Crippen LogP) is 4.86. The van der Waals surface area contributed by atoms with Crippen LogP contribution in [-0.2, 0) is 9.53 Å². The molecule has 0 saturated heterocycles.